The molecule has 0 radical (unpaired) electrons. The number of ketones is 2. The SMILES string of the molecule is CC(=O)[C@@H]1CC[C@@H]2[C@H]3CC[C@@H]4CC(=O)CC[C@]4(C)[C@@H]3CC[C@]21C. The predicted molar refractivity (Wildman–Crippen MR) is 90.9 cm³/mol. The Kier molecular flexibility index (Phi) is 3.56. The van der Waals surface area contributed by atoms with Crippen LogP contribution in [0.25, 0.3) is 0 Å². The summed E-state index contributed by atoms with van der Waals surface area (Å²) < 4.78 is 0. The van der Waals surface area contributed by atoms with Crippen LogP contribution < -0.4 is 0 Å². The van der Waals surface area contributed by atoms with Crippen molar-refractivity contribution in [2.45, 2.75) is 78.6 Å². The molecule has 2 heteroatoms. The van der Waals surface area contributed by atoms with Crippen molar-refractivity contribution in [1.82, 2.24) is 0 Å². The largest absolute Gasteiger partial charge is 0.300 e. The van der Waals surface area contributed by atoms with Crippen LogP contribution in [0.2, 0.25) is 0 Å². The Morgan fingerprint density at radius 3 is 2.43 bits per heavy atom. The summed E-state index contributed by atoms with van der Waals surface area (Å²) >= 11 is 0. The van der Waals surface area contributed by atoms with Crippen molar-refractivity contribution in [3.8, 4) is 0 Å². The summed E-state index contributed by atoms with van der Waals surface area (Å²) in [6.45, 7) is 6.74. The summed E-state index contributed by atoms with van der Waals surface area (Å²) in [6, 6.07) is 0. The average Bonchev–Trinajstić information content (AvgIpc) is 2.85. The molecule has 0 aliphatic heterocycles. The first kappa shape index (κ1) is 15.8. The van der Waals surface area contributed by atoms with E-state index in [0.717, 1.165) is 43.4 Å². The Hall–Kier alpha value is -0.660. The van der Waals surface area contributed by atoms with Crippen molar-refractivity contribution >= 4 is 11.6 Å². The standard InChI is InChI=1S/C21H32O2/c1-13(22)17-6-7-18-16-5-4-14-12-15(23)8-10-20(14,2)19(16)9-11-21(17,18)3/h14,16-19H,4-12H2,1-3H3/t14-,16-,17+,18-,19-,20+,21+/m1/s1. The molecule has 128 valence electrons. The van der Waals surface area contributed by atoms with Gasteiger partial charge in [0.2, 0.25) is 0 Å². The molecule has 7 atom stereocenters. The smallest absolute Gasteiger partial charge is 0.133 e. The topological polar surface area (TPSA) is 34.1 Å². The zero-order valence-corrected chi connectivity index (χ0v) is 15.1. The highest BCUT2D eigenvalue weighted by Gasteiger charge is 2.60. The van der Waals surface area contributed by atoms with Crippen LogP contribution in [0.5, 0.6) is 0 Å². The van der Waals surface area contributed by atoms with E-state index in [9.17, 15) is 9.59 Å². The van der Waals surface area contributed by atoms with E-state index in [-0.39, 0.29) is 5.41 Å². The molecule has 0 N–H and O–H groups in total. The van der Waals surface area contributed by atoms with Crippen LogP contribution in [0.15, 0.2) is 0 Å². The molecule has 0 amide bonds. The Morgan fingerprint density at radius 1 is 0.957 bits per heavy atom. The van der Waals surface area contributed by atoms with Crippen LogP contribution >= 0.6 is 0 Å². The van der Waals surface area contributed by atoms with Crippen LogP contribution in [-0.2, 0) is 9.59 Å². The number of rotatable bonds is 1. The number of fused-ring (bicyclic) bond motifs is 5. The van der Waals surface area contributed by atoms with Gasteiger partial charge in [0.1, 0.15) is 11.6 Å². The fraction of sp³-hybridized carbons (Fsp3) is 0.905. The number of hydrogen-bond donors (Lipinski definition) is 0. The van der Waals surface area contributed by atoms with Gasteiger partial charge in [-0.25, -0.2) is 0 Å². The molecule has 0 aromatic rings. The van der Waals surface area contributed by atoms with Gasteiger partial charge >= 0.3 is 0 Å². The van der Waals surface area contributed by atoms with Crippen molar-refractivity contribution in [3.05, 3.63) is 0 Å². The summed E-state index contributed by atoms with van der Waals surface area (Å²) in [6.07, 6.45) is 10.3. The lowest BCUT2D eigenvalue weighted by molar-refractivity contribution is -0.143. The molecule has 4 rings (SSSR count). The first-order valence-electron chi connectivity index (χ1n) is 9.88. The molecule has 0 saturated heterocycles. The van der Waals surface area contributed by atoms with Gasteiger partial charge in [0.25, 0.3) is 0 Å². The molecule has 0 unspecified atom stereocenters. The average molecular weight is 316 g/mol. The van der Waals surface area contributed by atoms with Gasteiger partial charge in [0.15, 0.2) is 0 Å². The Labute approximate surface area is 140 Å². The third kappa shape index (κ3) is 2.12. The molecule has 2 nitrogen and oxygen atoms in total. The highest BCUT2D eigenvalue weighted by Crippen LogP contribution is 2.67. The Balaban J connectivity index is 1.63. The fourth-order valence-electron chi connectivity index (χ4n) is 7.71. The lowest BCUT2D eigenvalue weighted by atomic mass is 9.44. The number of carbonyl (C=O) groups is 2. The van der Waals surface area contributed by atoms with Crippen molar-refractivity contribution < 1.29 is 9.59 Å². The van der Waals surface area contributed by atoms with E-state index in [2.05, 4.69) is 13.8 Å². The van der Waals surface area contributed by atoms with E-state index in [4.69, 9.17) is 0 Å². The van der Waals surface area contributed by atoms with Gasteiger partial charge in [-0.2, -0.15) is 0 Å². The first-order chi connectivity index (χ1) is 10.9. The van der Waals surface area contributed by atoms with Crippen molar-refractivity contribution in [2.75, 3.05) is 0 Å². The lowest BCUT2D eigenvalue weighted by Crippen LogP contribution is -2.53. The second-order valence-corrected chi connectivity index (χ2v) is 9.68. The van der Waals surface area contributed by atoms with Crippen LogP contribution in [0, 0.1) is 40.4 Å². The van der Waals surface area contributed by atoms with Gasteiger partial charge < -0.3 is 0 Å². The highest BCUT2D eigenvalue weighted by atomic mass is 16.1. The third-order valence-electron chi connectivity index (χ3n) is 8.97. The van der Waals surface area contributed by atoms with Gasteiger partial charge in [-0.05, 0) is 86.4 Å². The Bertz CT molecular complexity index is 538. The van der Waals surface area contributed by atoms with Crippen molar-refractivity contribution in [2.24, 2.45) is 40.4 Å². The van der Waals surface area contributed by atoms with E-state index < -0.39 is 0 Å². The number of carbonyl (C=O) groups excluding carboxylic acids is 2. The maximum Gasteiger partial charge on any atom is 0.133 e. The molecule has 4 aliphatic carbocycles. The fourth-order valence-corrected chi connectivity index (χ4v) is 7.71. The zero-order valence-electron chi connectivity index (χ0n) is 15.1. The minimum absolute atomic E-state index is 0.265. The molecule has 0 bridgehead atoms. The first-order valence-corrected chi connectivity index (χ1v) is 9.88. The quantitative estimate of drug-likeness (QED) is 0.696. The molecule has 0 spiro atoms. The van der Waals surface area contributed by atoms with Crippen LogP contribution in [-0.4, -0.2) is 11.6 Å². The lowest BCUT2D eigenvalue weighted by Gasteiger charge is -2.60. The van der Waals surface area contributed by atoms with Gasteiger partial charge in [0.05, 0.1) is 0 Å². The molecule has 4 saturated carbocycles. The Morgan fingerprint density at radius 2 is 1.70 bits per heavy atom. The minimum atomic E-state index is 0.265. The molecular weight excluding hydrogens is 284 g/mol. The van der Waals surface area contributed by atoms with Gasteiger partial charge in [-0.3, -0.25) is 9.59 Å². The second kappa shape index (κ2) is 5.17. The summed E-state index contributed by atoms with van der Waals surface area (Å²) in [5.41, 5.74) is 0.660. The molecule has 23 heavy (non-hydrogen) atoms. The summed E-state index contributed by atoms with van der Waals surface area (Å²) in [5.74, 6) is 4.25. The summed E-state index contributed by atoms with van der Waals surface area (Å²) in [4.78, 5) is 24.1. The summed E-state index contributed by atoms with van der Waals surface area (Å²) in [7, 11) is 0. The van der Waals surface area contributed by atoms with E-state index in [1.54, 1.807) is 0 Å². The second-order valence-electron chi connectivity index (χ2n) is 9.68. The van der Waals surface area contributed by atoms with E-state index in [1.165, 1.54) is 32.1 Å². The monoisotopic (exact) mass is 316 g/mol. The van der Waals surface area contributed by atoms with Gasteiger partial charge in [0, 0.05) is 18.8 Å². The van der Waals surface area contributed by atoms with Gasteiger partial charge in [-0.15, -0.1) is 0 Å². The maximum atomic E-state index is 12.2. The third-order valence-corrected chi connectivity index (χ3v) is 8.97. The van der Waals surface area contributed by atoms with Gasteiger partial charge in [-0.1, -0.05) is 13.8 Å². The number of Topliss-reactive ketones (excluding diaryl/α,β-unsaturated/α-hetero) is 2. The molecule has 4 fully saturated rings. The van der Waals surface area contributed by atoms with E-state index in [1.807, 2.05) is 6.92 Å². The van der Waals surface area contributed by atoms with Crippen molar-refractivity contribution in [3.63, 3.8) is 0 Å². The molecular formula is C21H32O2. The molecule has 4 aliphatic rings. The van der Waals surface area contributed by atoms with E-state index in [0.29, 0.717) is 28.8 Å². The van der Waals surface area contributed by atoms with E-state index >= 15 is 0 Å². The van der Waals surface area contributed by atoms with Crippen LogP contribution in [0.1, 0.15) is 78.6 Å². The van der Waals surface area contributed by atoms with Crippen LogP contribution in [0.4, 0.5) is 0 Å². The predicted octanol–water partition coefficient (Wildman–Crippen LogP) is 4.80. The molecule has 0 aromatic heterocycles. The minimum Gasteiger partial charge on any atom is -0.300 e. The normalized spacial score (nSPS) is 52.5. The maximum absolute atomic E-state index is 12.2. The highest BCUT2D eigenvalue weighted by molar-refractivity contribution is 5.80. The molecule has 0 aromatic carbocycles. The van der Waals surface area contributed by atoms with Crippen molar-refractivity contribution in [1.29, 1.82) is 0 Å². The van der Waals surface area contributed by atoms with Crippen LogP contribution in [0.3, 0.4) is 0 Å². The number of hydrogen-bond acceptors (Lipinski definition) is 2. The summed E-state index contributed by atoms with van der Waals surface area (Å²) in [5, 5.41) is 0. The zero-order chi connectivity index (χ0) is 16.4. The molecule has 0 heterocycles.